The third-order valence-electron chi connectivity index (χ3n) is 2.91. The van der Waals surface area contributed by atoms with Crippen LogP contribution in [0.5, 0.6) is 5.75 Å². The number of ether oxygens (including phenoxy) is 2. The molecule has 112 valence electrons. The van der Waals surface area contributed by atoms with Gasteiger partial charge in [0.1, 0.15) is 11.3 Å². The van der Waals surface area contributed by atoms with E-state index in [4.69, 9.17) is 15.2 Å². The van der Waals surface area contributed by atoms with E-state index in [1.165, 1.54) is 0 Å². The van der Waals surface area contributed by atoms with Gasteiger partial charge in [-0.3, -0.25) is 4.68 Å². The third kappa shape index (κ3) is 3.98. The van der Waals surface area contributed by atoms with E-state index in [0.717, 1.165) is 5.56 Å². The first-order valence-corrected chi connectivity index (χ1v) is 6.77. The number of rotatable bonds is 6. The van der Waals surface area contributed by atoms with Crippen molar-refractivity contribution in [2.75, 3.05) is 18.9 Å². The maximum Gasteiger partial charge on any atom is 0.341 e. The van der Waals surface area contributed by atoms with E-state index in [2.05, 4.69) is 5.10 Å². The minimum Gasteiger partial charge on any atom is -0.492 e. The Bertz CT molecular complexity index is 622. The van der Waals surface area contributed by atoms with E-state index < -0.39 is 5.97 Å². The van der Waals surface area contributed by atoms with Gasteiger partial charge in [0.25, 0.3) is 0 Å². The van der Waals surface area contributed by atoms with Crippen molar-refractivity contribution in [3.05, 3.63) is 41.7 Å². The average molecular weight is 289 g/mol. The monoisotopic (exact) mass is 289 g/mol. The van der Waals surface area contributed by atoms with Gasteiger partial charge in [0, 0.05) is 31.4 Å². The third-order valence-corrected chi connectivity index (χ3v) is 2.91. The molecule has 0 atom stereocenters. The molecule has 0 fully saturated rings. The Morgan fingerprint density at radius 3 is 2.90 bits per heavy atom. The van der Waals surface area contributed by atoms with Gasteiger partial charge in [0.15, 0.2) is 0 Å². The van der Waals surface area contributed by atoms with Crippen LogP contribution >= 0.6 is 0 Å². The minimum absolute atomic E-state index is 0.318. The summed E-state index contributed by atoms with van der Waals surface area (Å²) in [6, 6.07) is 4.91. The molecule has 0 spiro atoms. The molecular weight excluding hydrogens is 270 g/mol. The Balaban J connectivity index is 2.04. The van der Waals surface area contributed by atoms with Crippen LogP contribution in [0, 0.1) is 0 Å². The number of aryl methyl sites for hydroxylation is 1. The second-order valence-corrected chi connectivity index (χ2v) is 4.60. The van der Waals surface area contributed by atoms with Crippen LogP contribution in [0.25, 0.3) is 0 Å². The number of nitrogens with two attached hydrogens (primary N) is 1. The van der Waals surface area contributed by atoms with Crippen LogP contribution in [0.15, 0.2) is 30.6 Å². The SMILES string of the molecule is CCOC(=O)c1ccc(N)cc1OCCc1cnn(C)c1. The predicted molar refractivity (Wildman–Crippen MR) is 79.2 cm³/mol. The van der Waals surface area contributed by atoms with E-state index in [9.17, 15) is 4.79 Å². The molecule has 0 aliphatic heterocycles. The number of carbonyl (C=O) groups is 1. The number of hydrogen-bond acceptors (Lipinski definition) is 5. The molecule has 1 aromatic carbocycles. The van der Waals surface area contributed by atoms with Gasteiger partial charge < -0.3 is 15.2 Å². The molecule has 1 heterocycles. The van der Waals surface area contributed by atoms with Crippen molar-refractivity contribution in [1.82, 2.24) is 9.78 Å². The van der Waals surface area contributed by atoms with Gasteiger partial charge >= 0.3 is 5.97 Å². The molecule has 0 radical (unpaired) electrons. The second kappa shape index (κ2) is 6.78. The highest BCUT2D eigenvalue weighted by atomic mass is 16.5. The molecule has 1 aromatic heterocycles. The maximum atomic E-state index is 11.9. The zero-order valence-corrected chi connectivity index (χ0v) is 12.2. The van der Waals surface area contributed by atoms with Gasteiger partial charge in [-0.05, 0) is 24.6 Å². The molecular formula is C15H19N3O3. The highest BCUT2D eigenvalue weighted by molar-refractivity contribution is 5.93. The first-order chi connectivity index (χ1) is 10.1. The summed E-state index contributed by atoms with van der Waals surface area (Å²) in [7, 11) is 1.86. The molecule has 6 heteroatoms. The van der Waals surface area contributed by atoms with Gasteiger partial charge in [-0.25, -0.2) is 4.79 Å². The van der Waals surface area contributed by atoms with E-state index in [0.29, 0.717) is 36.6 Å². The van der Waals surface area contributed by atoms with Crippen molar-refractivity contribution in [2.24, 2.45) is 7.05 Å². The summed E-state index contributed by atoms with van der Waals surface area (Å²) < 4.78 is 12.4. The lowest BCUT2D eigenvalue weighted by Crippen LogP contribution is -2.10. The number of benzene rings is 1. The fourth-order valence-corrected chi connectivity index (χ4v) is 1.92. The highest BCUT2D eigenvalue weighted by Gasteiger charge is 2.14. The second-order valence-electron chi connectivity index (χ2n) is 4.60. The highest BCUT2D eigenvalue weighted by Crippen LogP contribution is 2.23. The Kier molecular flexibility index (Phi) is 4.81. The summed E-state index contributed by atoms with van der Waals surface area (Å²) in [5.41, 5.74) is 7.74. The van der Waals surface area contributed by atoms with Crippen molar-refractivity contribution in [3.8, 4) is 5.75 Å². The Hall–Kier alpha value is -2.50. The van der Waals surface area contributed by atoms with Crippen LogP contribution in [0.4, 0.5) is 5.69 Å². The lowest BCUT2D eigenvalue weighted by Gasteiger charge is -2.11. The molecule has 0 aliphatic rings. The topological polar surface area (TPSA) is 79.4 Å². The number of anilines is 1. The minimum atomic E-state index is -0.408. The van der Waals surface area contributed by atoms with Crippen LogP contribution < -0.4 is 10.5 Å². The number of hydrogen-bond donors (Lipinski definition) is 1. The zero-order chi connectivity index (χ0) is 15.2. The van der Waals surface area contributed by atoms with Gasteiger partial charge in [-0.2, -0.15) is 5.10 Å². The van der Waals surface area contributed by atoms with E-state index >= 15 is 0 Å². The van der Waals surface area contributed by atoms with Crippen LogP contribution in [0.1, 0.15) is 22.8 Å². The molecule has 2 rings (SSSR count). The first-order valence-electron chi connectivity index (χ1n) is 6.77. The van der Waals surface area contributed by atoms with Gasteiger partial charge in [0.2, 0.25) is 0 Å². The van der Waals surface area contributed by atoms with Gasteiger partial charge in [-0.1, -0.05) is 0 Å². The van der Waals surface area contributed by atoms with Crippen LogP contribution in [-0.2, 0) is 18.2 Å². The molecule has 0 unspecified atom stereocenters. The smallest absolute Gasteiger partial charge is 0.341 e. The lowest BCUT2D eigenvalue weighted by atomic mass is 10.2. The molecule has 0 bridgehead atoms. The van der Waals surface area contributed by atoms with Gasteiger partial charge in [-0.15, -0.1) is 0 Å². The van der Waals surface area contributed by atoms with Crippen molar-refractivity contribution in [1.29, 1.82) is 0 Å². The first kappa shape index (κ1) is 14.9. The summed E-state index contributed by atoms with van der Waals surface area (Å²) in [5, 5.41) is 4.09. The number of carbonyl (C=O) groups excluding carboxylic acids is 1. The van der Waals surface area contributed by atoms with Crippen LogP contribution in [0.2, 0.25) is 0 Å². The zero-order valence-electron chi connectivity index (χ0n) is 12.2. The number of aromatic nitrogens is 2. The van der Waals surface area contributed by atoms with E-state index in [1.54, 1.807) is 36.0 Å². The van der Waals surface area contributed by atoms with Crippen molar-refractivity contribution < 1.29 is 14.3 Å². The summed E-state index contributed by atoms with van der Waals surface area (Å²) in [6.07, 6.45) is 4.41. The fraction of sp³-hybridized carbons (Fsp3) is 0.333. The van der Waals surface area contributed by atoms with E-state index in [-0.39, 0.29) is 0 Å². The fourth-order valence-electron chi connectivity index (χ4n) is 1.92. The molecule has 0 saturated carbocycles. The standard InChI is InChI=1S/C15H19N3O3/c1-3-20-15(19)13-5-4-12(16)8-14(13)21-7-6-11-9-17-18(2)10-11/h4-5,8-10H,3,6-7,16H2,1-2H3. The van der Waals surface area contributed by atoms with Crippen molar-refractivity contribution in [2.45, 2.75) is 13.3 Å². The molecule has 0 amide bonds. The summed E-state index contributed by atoms with van der Waals surface area (Å²) >= 11 is 0. The maximum absolute atomic E-state index is 11.9. The van der Waals surface area contributed by atoms with E-state index in [1.807, 2.05) is 13.2 Å². The number of nitrogen functional groups attached to an aromatic ring is 1. The van der Waals surface area contributed by atoms with Crippen LogP contribution in [-0.4, -0.2) is 29.0 Å². The van der Waals surface area contributed by atoms with Crippen molar-refractivity contribution in [3.63, 3.8) is 0 Å². The molecule has 2 aromatic rings. The van der Waals surface area contributed by atoms with Crippen LogP contribution in [0.3, 0.4) is 0 Å². The Morgan fingerprint density at radius 1 is 1.43 bits per heavy atom. The van der Waals surface area contributed by atoms with Gasteiger partial charge in [0.05, 0.1) is 19.4 Å². The molecule has 21 heavy (non-hydrogen) atoms. The normalized spacial score (nSPS) is 10.4. The quantitative estimate of drug-likeness (QED) is 0.648. The number of nitrogens with zero attached hydrogens (tertiary/aromatic N) is 2. The lowest BCUT2D eigenvalue weighted by molar-refractivity contribution is 0.0522. The molecule has 6 nitrogen and oxygen atoms in total. The predicted octanol–water partition coefficient (Wildman–Crippen LogP) is 1.80. The summed E-state index contributed by atoms with van der Waals surface area (Å²) in [6.45, 7) is 2.51. The number of esters is 1. The van der Waals surface area contributed by atoms with Crippen molar-refractivity contribution >= 4 is 11.7 Å². The molecule has 0 saturated heterocycles. The largest absolute Gasteiger partial charge is 0.492 e. The molecule has 2 N–H and O–H groups in total. The average Bonchev–Trinajstić information content (AvgIpc) is 2.85. The molecule has 0 aliphatic carbocycles. The Labute approximate surface area is 123 Å². The summed E-state index contributed by atoms with van der Waals surface area (Å²) in [5.74, 6) is 0.0335. The summed E-state index contributed by atoms with van der Waals surface area (Å²) in [4.78, 5) is 11.9. The Morgan fingerprint density at radius 2 is 2.24 bits per heavy atom.